The summed E-state index contributed by atoms with van der Waals surface area (Å²) in [6.07, 6.45) is 6.72. The van der Waals surface area contributed by atoms with Crippen molar-refractivity contribution in [3.63, 3.8) is 0 Å². The molecule has 130 valence electrons. The Morgan fingerprint density at radius 1 is 1.12 bits per heavy atom. The lowest BCUT2D eigenvalue weighted by atomic mass is 10.1. The van der Waals surface area contributed by atoms with Gasteiger partial charge in [-0.1, -0.05) is 30.2 Å². The molecule has 0 atom stereocenters. The van der Waals surface area contributed by atoms with Crippen LogP contribution >= 0.6 is 0 Å². The van der Waals surface area contributed by atoms with Crippen LogP contribution in [-0.2, 0) is 10.0 Å². The molecule has 3 aromatic rings. The normalized spacial score (nSPS) is 11.0. The van der Waals surface area contributed by atoms with Crippen molar-refractivity contribution < 1.29 is 13.2 Å². The van der Waals surface area contributed by atoms with Gasteiger partial charge in [-0.25, -0.2) is 8.42 Å². The number of hydrogen-bond donors (Lipinski definition) is 2. The quantitative estimate of drug-likeness (QED) is 0.680. The average Bonchev–Trinajstić information content (AvgIpc) is 2.67. The second-order valence-corrected chi connectivity index (χ2v) is 7.16. The smallest absolute Gasteiger partial charge is 0.255 e. The van der Waals surface area contributed by atoms with E-state index in [9.17, 15) is 13.2 Å². The van der Waals surface area contributed by atoms with Crippen LogP contribution in [0.2, 0.25) is 0 Å². The van der Waals surface area contributed by atoms with Crippen LogP contribution in [0.4, 0.5) is 5.69 Å². The van der Waals surface area contributed by atoms with Crippen molar-refractivity contribution in [3.05, 3.63) is 66.4 Å². The van der Waals surface area contributed by atoms with E-state index in [1.807, 2.05) is 24.3 Å². The molecule has 0 aliphatic heterocycles. The Morgan fingerprint density at radius 2 is 1.88 bits per heavy atom. The van der Waals surface area contributed by atoms with E-state index in [1.165, 1.54) is 24.3 Å². The van der Waals surface area contributed by atoms with Crippen LogP contribution in [0, 0.1) is 12.3 Å². The predicted molar refractivity (Wildman–Crippen MR) is 100 cm³/mol. The number of carbonyl (C=O) groups excluding carboxylic acids is 1. The van der Waals surface area contributed by atoms with Crippen molar-refractivity contribution in [2.75, 3.05) is 11.9 Å². The molecule has 0 saturated carbocycles. The summed E-state index contributed by atoms with van der Waals surface area (Å²) in [5.74, 6) is 1.77. The number of terminal acetylenes is 1. The van der Waals surface area contributed by atoms with Crippen molar-refractivity contribution in [3.8, 4) is 12.3 Å². The summed E-state index contributed by atoms with van der Waals surface area (Å²) in [6.45, 7) is -0.125. The van der Waals surface area contributed by atoms with Crippen LogP contribution in [0.5, 0.6) is 0 Å². The van der Waals surface area contributed by atoms with Crippen molar-refractivity contribution in [1.82, 2.24) is 9.71 Å². The van der Waals surface area contributed by atoms with E-state index < -0.39 is 15.9 Å². The Balaban J connectivity index is 1.89. The van der Waals surface area contributed by atoms with Crippen LogP contribution < -0.4 is 10.0 Å². The molecule has 1 aromatic heterocycles. The Kier molecular flexibility index (Phi) is 4.98. The number of anilines is 1. The molecule has 0 bridgehead atoms. The first-order chi connectivity index (χ1) is 12.5. The highest BCUT2D eigenvalue weighted by atomic mass is 32.2. The van der Waals surface area contributed by atoms with Gasteiger partial charge in [0, 0.05) is 17.1 Å². The third kappa shape index (κ3) is 3.72. The number of sulfonamides is 1. The van der Waals surface area contributed by atoms with Crippen LogP contribution in [0.15, 0.2) is 65.7 Å². The molecule has 0 fully saturated rings. The molecule has 1 amide bonds. The lowest BCUT2D eigenvalue weighted by Crippen LogP contribution is -2.24. The minimum atomic E-state index is -3.77. The molecule has 0 radical (unpaired) electrons. The van der Waals surface area contributed by atoms with E-state index in [2.05, 4.69) is 20.9 Å². The predicted octanol–water partition coefficient (Wildman–Crippen LogP) is 2.40. The minimum absolute atomic E-state index is 0.0311. The summed E-state index contributed by atoms with van der Waals surface area (Å²) in [5, 5.41) is 3.66. The number of amides is 1. The number of carbonyl (C=O) groups is 1. The number of aromatic nitrogens is 1. The van der Waals surface area contributed by atoms with Gasteiger partial charge in [-0.3, -0.25) is 9.78 Å². The third-order valence-corrected chi connectivity index (χ3v) is 5.05. The van der Waals surface area contributed by atoms with Crippen LogP contribution in [0.3, 0.4) is 0 Å². The highest BCUT2D eigenvalue weighted by molar-refractivity contribution is 7.89. The van der Waals surface area contributed by atoms with Gasteiger partial charge in [-0.15, -0.1) is 6.42 Å². The maximum absolute atomic E-state index is 12.6. The van der Waals surface area contributed by atoms with E-state index >= 15 is 0 Å². The van der Waals surface area contributed by atoms with Crippen LogP contribution in [0.25, 0.3) is 10.9 Å². The molecular formula is C19H15N3O3S. The monoisotopic (exact) mass is 365 g/mol. The molecule has 7 heteroatoms. The molecule has 6 nitrogen and oxygen atoms in total. The summed E-state index contributed by atoms with van der Waals surface area (Å²) in [6, 6.07) is 14.9. The molecule has 2 aromatic carbocycles. The van der Waals surface area contributed by atoms with E-state index in [0.717, 1.165) is 5.39 Å². The number of nitrogens with one attached hydrogen (secondary N) is 2. The largest absolute Gasteiger partial charge is 0.320 e. The first-order valence-electron chi connectivity index (χ1n) is 7.69. The molecule has 3 rings (SSSR count). The van der Waals surface area contributed by atoms with E-state index in [-0.39, 0.29) is 17.0 Å². The van der Waals surface area contributed by atoms with Crippen molar-refractivity contribution in [1.29, 1.82) is 0 Å². The standard InChI is InChI=1S/C19H15N3O3S/c1-2-11-21-26(24,25)16-9-3-7-15(13-16)19(23)22-17-10-4-6-14-8-5-12-20-18(14)17/h1,3-10,12-13,21H,11H2,(H,22,23). The fraction of sp³-hybridized carbons (Fsp3) is 0.0526. The van der Waals surface area contributed by atoms with Crippen molar-refractivity contribution in [2.24, 2.45) is 0 Å². The lowest BCUT2D eigenvalue weighted by molar-refractivity contribution is 0.102. The van der Waals surface area contributed by atoms with Crippen LogP contribution in [0.1, 0.15) is 10.4 Å². The van der Waals surface area contributed by atoms with E-state index in [4.69, 9.17) is 6.42 Å². The highest BCUT2D eigenvalue weighted by Crippen LogP contribution is 2.21. The highest BCUT2D eigenvalue weighted by Gasteiger charge is 2.16. The summed E-state index contributed by atoms with van der Waals surface area (Å²) in [4.78, 5) is 16.8. The molecule has 0 aliphatic rings. The molecule has 0 saturated heterocycles. The SMILES string of the molecule is C#CCNS(=O)(=O)c1cccc(C(=O)Nc2cccc3cccnc23)c1. The number of para-hydroxylation sites is 1. The second-order valence-electron chi connectivity index (χ2n) is 5.39. The Morgan fingerprint density at radius 3 is 2.69 bits per heavy atom. The minimum Gasteiger partial charge on any atom is -0.320 e. The zero-order valence-corrected chi connectivity index (χ0v) is 14.5. The Labute approximate surface area is 151 Å². The summed E-state index contributed by atoms with van der Waals surface area (Å²) >= 11 is 0. The molecule has 0 spiro atoms. The van der Waals surface area contributed by atoms with Gasteiger partial charge in [0.15, 0.2) is 0 Å². The third-order valence-electron chi connectivity index (χ3n) is 3.65. The van der Waals surface area contributed by atoms with Crippen LogP contribution in [-0.4, -0.2) is 25.9 Å². The number of pyridine rings is 1. The molecule has 26 heavy (non-hydrogen) atoms. The molecule has 0 unspecified atom stereocenters. The number of fused-ring (bicyclic) bond motifs is 1. The Bertz CT molecular complexity index is 1110. The van der Waals surface area contributed by atoms with E-state index in [1.54, 1.807) is 12.3 Å². The van der Waals surface area contributed by atoms with Gasteiger partial charge < -0.3 is 5.32 Å². The zero-order valence-electron chi connectivity index (χ0n) is 13.6. The van der Waals surface area contributed by atoms with Gasteiger partial charge in [-0.2, -0.15) is 4.72 Å². The van der Waals surface area contributed by atoms with Gasteiger partial charge in [-0.05, 0) is 30.3 Å². The molecule has 1 heterocycles. The zero-order chi connectivity index (χ0) is 18.6. The van der Waals surface area contributed by atoms with Crippen molar-refractivity contribution >= 4 is 32.5 Å². The first-order valence-corrected chi connectivity index (χ1v) is 9.18. The summed E-state index contributed by atoms with van der Waals surface area (Å²) in [5.41, 5.74) is 1.41. The maximum Gasteiger partial charge on any atom is 0.255 e. The maximum atomic E-state index is 12.6. The summed E-state index contributed by atoms with van der Waals surface area (Å²) < 4.78 is 26.6. The number of rotatable bonds is 5. The van der Waals surface area contributed by atoms with Gasteiger partial charge in [0.05, 0.1) is 22.6 Å². The molecule has 2 N–H and O–H groups in total. The average molecular weight is 365 g/mol. The second kappa shape index (κ2) is 7.35. The lowest BCUT2D eigenvalue weighted by Gasteiger charge is -2.09. The fourth-order valence-electron chi connectivity index (χ4n) is 2.42. The van der Waals surface area contributed by atoms with Gasteiger partial charge in [0.2, 0.25) is 10.0 Å². The number of hydrogen-bond acceptors (Lipinski definition) is 4. The first kappa shape index (κ1) is 17.6. The van der Waals surface area contributed by atoms with Crippen molar-refractivity contribution in [2.45, 2.75) is 4.90 Å². The molecular weight excluding hydrogens is 350 g/mol. The van der Waals surface area contributed by atoms with E-state index in [0.29, 0.717) is 11.2 Å². The Hall–Kier alpha value is -3.21. The van der Waals surface area contributed by atoms with Gasteiger partial charge >= 0.3 is 0 Å². The van der Waals surface area contributed by atoms with Gasteiger partial charge in [0.25, 0.3) is 5.91 Å². The molecule has 0 aliphatic carbocycles. The topological polar surface area (TPSA) is 88.2 Å². The summed E-state index contributed by atoms with van der Waals surface area (Å²) in [7, 11) is -3.77. The number of nitrogens with zero attached hydrogens (tertiary/aromatic N) is 1. The van der Waals surface area contributed by atoms with Gasteiger partial charge in [0.1, 0.15) is 0 Å². The number of benzene rings is 2. The fourth-order valence-corrected chi connectivity index (χ4v) is 3.40.